The largest absolute Gasteiger partial charge is 0.466 e. The number of piperidine rings is 1. The molecule has 0 radical (unpaired) electrons. The summed E-state index contributed by atoms with van der Waals surface area (Å²) >= 11 is 0. The summed E-state index contributed by atoms with van der Waals surface area (Å²) in [4.78, 5) is 19.0. The first kappa shape index (κ1) is 24.7. The standard InChI is InChI=1S/C20H35N5O2.HI/c1-6-21-20(24-10-8-18(9-11-24)19(26)27-7-2)22-13-15(3)14-25-17(5)12-16(4)23-25;/h12,15,18H,6-11,13-14H2,1-5H3,(H,21,22);1H. The summed E-state index contributed by atoms with van der Waals surface area (Å²) in [5.41, 5.74) is 2.25. The average Bonchev–Trinajstić information content (AvgIpc) is 2.96. The van der Waals surface area contributed by atoms with Crippen molar-refractivity contribution in [3.05, 3.63) is 17.5 Å². The van der Waals surface area contributed by atoms with Crippen molar-refractivity contribution < 1.29 is 9.53 Å². The molecule has 1 aromatic rings. The summed E-state index contributed by atoms with van der Waals surface area (Å²) < 4.78 is 7.22. The van der Waals surface area contributed by atoms with Crippen LogP contribution in [0.4, 0.5) is 0 Å². The summed E-state index contributed by atoms with van der Waals surface area (Å²) in [6.07, 6.45) is 1.65. The predicted octanol–water partition coefficient (Wildman–Crippen LogP) is 2.99. The smallest absolute Gasteiger partial charge is 0.309 e. The summed E-state index contributed by atoms with van der Waals surface area (Å²) in [5.74, 6) is 1.31. The van der Waals surface area contributed by atoms with Crippen LogP contribution in [0.2, 0.25) is 0 Å². The molecule has 1 aliphatic rings. The van der Waals surface area contributed by atoms with Gasteiger partial charge in [-0.2, -0.15) is 5.10 Å². The number of carbonyl (C=O) groups excluding carboxylic acids is 1. The van der Waals surface area contributed by atoms with E-state index in [4.69, 9.17) is 9.73 Å². The Kier molecular flexibility index (Phi) is 10.8. The molecule has 1 unspecified atom stereocenters. The molecule has 1 saturated heterocycles. The minimum Gasteiger partial charge on any atom is -0.466 e. The van der Waals surface area contributed by atoms with Crippen molar-refractivity contribution in [1.82, 2.24) is 20.0 Å². The van der Waals surface area contributed by atoms with E-state index in [0.29, 0.717) is 12.5 Å². The highest BCUT2D eigenvalue weighted by molar-refractivity contribution is 14.0. The number of hydrogen-bond acceptors (Lipinski definition) is 4. The van der Waals surface area contributed by atoms with Gasteiger partial charge in [0.05, 0.1) is 18.2 Å². The van der Waals surface area contributed by atoms with Gasteiger partial charge in [0.25, 0.3) is 0 Å². The van der Waals surface area contributed by atoms with Gasteiger partial charge in [0, 0.05) is 38.4 Å². The topological polar surface area (TPSA) is 71.8 Å². The third-order valence-corrected chi connectivity index (χ3v) is 4.89. The molecule has 0 saturated carbocycles. The van der Waals surface area contributed by atoms with Gasteiger partial charge < -0.3 is 15.0 Å². The minimum absolute atomic E-state index is 0. The van der Waals surface area contributed by atoms with E-state index in [2.05, 4.69) is 46.8 Å². The van der Waals surface area contributed by atoms with E-state index >= 15 is 0 Å². The molecule has 0 bridgehead atoms. The summed E-state index contributed by atoms with van der Waals surface area (Å²) in [6.45, 7) is 14.8. The van der Waals surface area contributed by atoms with E-state index in [1.165, 1.54) is 5.69 Å². The van der Waals surface area contributed by atoms with Crippen LogP contribution < -0.4 is 5.32 Å². The number of esters is 1. The number of nitrogens with one attached hydrogen (secondary N) is 1. The number of aliphatic imine (C=N–C) groups is 1. The fraction of sp³-hybridized carbons (Fsp3) is 0.750. The van der Waals surface area contributed by atoms with E-state index in [1.807, 2.05) is 13.8 Å². The average molecular weight is 505 g/mol. The van der Waals surface area contributed by atoms with Crippen LogP contribution >= 0.6 is 24.0 Å². The Morgan fingerprint density at radius 3 is 2.57 bits per heavy atom. The molecule has 2 rings (SSSR count). The molecule has 1 aromatic heterocycles. The number of guanidine groups is 1. The van der Waals surface area contributed by atoms with E-state index in [9.17, 15) is 4.79 Å². The van der Waals surface area contributed by atoms with Crippen molar-refractivity contribution in [3.8, 4) is 0 Å². The molecule has 1 fully saturated rings. The normalized spacial score (nSPS) is 16.5. The summed E-state index contributed by atoms with van der Waals surface area (Å²) in [7, 11) is 0. The first-order valence-electron chi connectivity index (χ1n) is 10.2. The Bertz CT molecular complexity index is 639. The summed E-state index contributed by atoms with van der Waals surface area (Å²) in [5, 5.41) is 7.94. The van der Waals surface area contributed by atoms with Crippen LogP contribution in [-0.4, -0.2) is 59.4 Å². The van der Waals surface area contributed by atoms with E-state index < -0.39 is 0 Å². The van der Waals surface area contributed by atoms with Gasteiger partial charge in [0.1, 0.15) is 0 Å². The van der Waals surface area contributed by atoms with E-state index in [1.54, 1.807) is 0 Å². The highest BCUT2D eigenvalue weighted by Gasteiger charge is 2.27. The van der Waals surface area contributed by atoms with Gasteiger partial charge in [-0.25, -0.2) is 0 Å². The fourth-order valence-electron chi connectivity index (χ4n) is 3.47. The van der Waals surface area contributed by atoms with Gasteiger partial charge in [-0.05, 0) is 52.5 Å². The Morgan fingerprint density at radius 1 is 1.36 bits per heavy atom. The maximum Gasteiger partial charge on any atom is 0.309 e. The third kappa shape index (κ3) is 7.25. The molecule has 7 nitrogen and oxygen atoms in total. The lowest BCUT2D eigenvalue weighted by molar-refractivity contribution is -0.149. The molecule has 0 aromatic carbocycles. The molecule has 0 amide bonds. The number of hydrogen-bond donors (Lipinski definition) is 1. The fourth-order valence-corrected chi connectivity index (χ4v) is 3.47. The molecule has 0 spiro atoms. The molecule has 0 aliphatic carbocycles. The van der Waals surface area contributed by atoms with Crippen LogP contribution in [0.25, 0.3) is 0 Å². The van der Waals surface area contributed by atoms with Crippen LogP contribution in [0.5, 0.6) is 0 Å². The number of likely N-dealkylation sites (tertiary alicyclic amines) is 1. The van der Waals surface area contributed by atoms with Crippen LogP contribution in [0.1, 0.15) is 45.0 Å². The van der Waals surface area contributed by atoms with Crippen molar-refractivity contribution in [2.45, 2.75) is 54.0 Å². The van der Waals surface area contributed by atoms with E-state index in [-0.39, 0.29) is 35.9 Å². The number of halogens is 1. The highest BCUT2D eigenvalue weighted by Crippen LogP contribution is 2.19. The van der Waals surface area contributed by atoms with Crippen molar-refractivity contribution >= 4 is 35.9 Å². The first-order valence-corrected chi connectivity index (χ1v) is 10.2. The molecule has 8 heteroatoms. The lowest BCUT2D eigenvalue weighted by Gasteiger charge is -2.33. The molecule has 2 heterocycles. The van der Waals surface area contributed by atoms with Gasteiger partial charge >= 0.3 is 5.97 Å². The van der Waals surface area contributed by atoms with Gasteiger partial charge in [0.15, 0.2) is 5.96 Å². The number of carbonyl (C=O) groups is 1. The SMILES string of the molecule is CCNC(=NCC(C)Cn1nc(C)cc1C)N1CCC(C(=O)OCC)CC1.I. The Hall–Kier alpha value is -1.32. The van der Waals surface area contributed by atoms with Crippen molar-refractivity contribution in [3.63, 3.8) is 0 Å². The molecular formula is C20H36IN5O2. The second-order valence-electron chi connectivity index (χ2n) is 7.42. The molecule has 1 N–H and O–H groups in total. The predicted molar refractivity (Wildman–Crippen MR) is 123 cm³/mol. The van der Waals surface area contributed by atoms with Crippen LogP contribution in [-0.2, 0) is 16.1 Å². The molecule has 160 valence electrons. The number of ether oxygens (including phenoxy) is 1. The number of nitrogens with zero attached hydrogens (tertiary/aromatic N) is 4. The Labute approximate surface area is 186 Å². The highest BCUT2D eigenvalue weighted by atomic mass is 127. The van der Waals surface area contributed by atoms with Gasteiger partial charge in [-0.15, -0.1) is 24.0 Å². The second kappa shape index (κ2) is 12.3. The maximum atomic E-state index is 11.9. The van der Waals surface area contributed by atoms with Crippen molar-refractivity contribution in [1.29, 1.82) is 0 Å². The molecule has 28 heavy (non-hydrogen) atoms. The third-order valence-electron chi connectivity index (χ3n) is 4.89. The quantitative estimate of drug-likeness (QED) is 0.267. The summed E-state index contributed by atoms with van der Waals surface area (Å²) in [6, 6.07) is 2.10. The molecule has 1 atom stereocenters. The lowest BCUT2D eigenvalue weighted by Crippen LogP contribution is -2.47. The first-order chi connectivity index (χ1) is 12.9. The van der Waals surface area contributed by atoms with Gasteiger partial charge in [-0.1, -0.05) is 6.92 Å². The zero-order valence-corrected chi connectivity index (χ0v) is 20.2. The lowest BCUT2D eigenvalue weighted by atomic mass is 9.97. The number of aryl methyl sites for hydroxylation is 2. The van der Waals surface area contributed by atoms with Crippen LogP contribution in [0.15, 0.2) is 11.1 Å². The minimum atomic E-state index is -0.0578. The zero-order valence-electron chi connectivity index (χ0n) is 17.9. The van der Waals surface area contributed by atoms with Crippen molar-refractivity contribution in [2.75, 3.05) is 32.8 Å². The number of aromatic nitrogens is 2. The van der Waals surface area contributed by atoms with Crippen molar-refractivity contribution in [2.24, 2.45) is 16.8 Å². The Balaban J connectivity index is 0.00000392. The molecule has 1 aliphatic heterocycles. The van der Waals surface area contributed by atoms with Gasteiger partial charge in [-0.3, -0.25) is 14.5 Å². The van der Waals surface area contributed by atoms with Crippen LogP contribution in [0.3, 0.4) is 0 Å². The zero-order chi connectivity index (χ0) is 19.8. The second-order valence-corrected chi connectivity index (χ2v) is 7.42. The van der Waals surface area contributed by atoms with E-state index in [0.717, 1.165) is 57.2 Å². The monoisotopic (exact) mass is 505 g/mol. The molecular weight excluding hydrogens is 469 g/mol. The van der Waals surface area contributed by atoms with Crippen LogP contribution in [0, 0.1) is 25.7 Å². The number of rotatable bonds is 7. The maximum absolute atomic E-state index is 11.9. The van der Waals surface area contributed by atoms with Gasteiger partial charge in [0.2, 0.25) is 0 Å². The Morgan fingerprint density at radius 2 is 2.04 bits per heavy atom.